The molecule has 0 spiro atoms. The van der Waals surface area contributed by atoms with Gasteiger partial charge in [-0.25, -0.2) is 8.42 Å². The van der Waals surface area contributed by atoms with E-state index in [0.717, 1.165) is 16.5 Å². The minimum absolute atomic E-state index is 0.0518. The molecule has 0 aliphatic heterocycles. The summed E-state index contributed by atoms with van der Waals surface area (Å²) in [6.07, 6.45) is 2.24. The van der Waals surface area contributed by atoms with Crippen LogP contribution in [-0.4, -0.2) is 32.6 Å². The van der Waals surface area contributed by atoms with Gasteiger partial charge >= 0.3 is 0 Å². The summed E-state index contributed by atoms with van der Waals surface area (Å²) < 4.78 is 30.0. The Balaban J connectivity index is 2.70. The number of nitrogens with two attached hydrogens (primary N) is 1. The first-order valence-electron chi connectivity index (χ1n) is 7.25. The van der Waals surface area contributed by atoms with Crippen molar-refractivity contribution in [3.8, 4) is 5.75 Å². The summed E-state index contributed by atoms with van der Waals surface area (Å²) in [4.78, 5) is 0. The van der Waals surface area contributed by atoms with Crippen molar-refractivity contribution in [2.45, 2.75) is 39.2 Å². The van der Waals surface area contributed by atoms with E-state index < -0.39 is 9.84 Å². The number of hydrogen-bond donors (Lipinski definition) is 1. The van der Waals surface area contributed by atoms with Gasteiger partial charge in [-0.3, -0.25) is 0 Å². The molecule has 2 N–H and O–H groups in total. The van der Waals surface area contributed by atoms with Crippen molar-refractivity contribution in [1.29, 1.82) is 0 Å². The zero-order chi connectivity index (χ0) is 15.9. The van der Waals surface area contributed by atoms with Crippen molar-refractivity contribution in [3.05, 3.63) is 28.2 Å². The van der Waals surface area contributed by atoms with Crippen LogP contribution >= 0.6 is 15.9 Å². The summed E-state index contributed by atoms with van der Waals surface area (Å²) in [6.45, 7) is 4.08. The van der Waals surface area contributed by atoms with Gasteiger partial charge in [0.25, 0.3) is 0 Å². The first-order chi connectivity index (χ1) is 9.88. The third-order valence-corrected chi connectivity index (χ3v) is 5.51. The van der Waals surface area contributed by atoms with Gasteiger partial charge in [-0.2, -0.15) is 0 Å². The molecule has 0 amide bonds. The SMILES string of the molecule is CCCS(=O)(=O)CCOc1ccc(Br)cc1CC(N)CC. The fraction of sp³-hybridized carbons (Fsp3) is 0.600. The van der Waals surface area contributed by atoms with Gasteiger partial charge in [-0.15, -0.1) is 0 Å². The molecule has 1 aromatic carbocycles. The molecule has 1 atom stereocenters. The van der Waals surface area contributed by atoms with Crippen LogP contribution in [0, 0.1) is 0 Å². The fourth-order valence-electron chi connectivity index (χ4n) is 1.97. The Bertz CT molecular complexity index is 546. The van der Waals surface area contributed by atoms with Gasteiger partial charge in [0.1, 0.15) is 12.4 Å². The highest BCUT2D eigenvalue weighted by molar-refractivity contribution is 9.10. The summed E-state index contributed by atoms with van der Waals surface area (Å²) in [7, 11) is -3.01. The van der Waals surface area contributed by atoms with Crippen LogP contribution in [0.3, 0.4) is 0 Å². The average Bonchev–Trinajstić information content (AvgIpc) is 2.40. The van der Waals surface area contributed by atoms with Crippen LogP contribution in [0.25, 0.3) is 0 Å². The monoisotopic (exact) mass is 377 g/mol. The van der Waals surface area contributed by atoms with Crippen LogP contribution in [-0.2, 0) is 16.3 Å². The molecule has 1 rings (SSSR count). The van der Waals surface area contributed by atoms with Crippen molar-refractivity contribution in [3.63, 3.8) is 0 Å². The first-order valence-corrected chi connectivity index (χ1v) is 9.86. The topological polar surface area (TPSA) is 69.4 Å². The molecule has 0 aromatic heterocycles. The van der Waals surface area contributed by atoms with E-state index >= 15 is 0 Å². The third-order valence-electron chi connectivity index (χ3n) is 3.20. The Morgan fingerprint density at radius 2 is 2.00 bits per heavy atom. The van der Waals surface area contributed by atoms with Gasteiger partial charge < -0.3 is 10.5 Å². The van der Waals surface area contributed by atoms with E-state index in [4.69, 9.17) is 10.5 Å². The molecule has 0 heterocycles. The lowest BCUT2D eigenvalue weighted by Gasteiger charge is -2.15. The van der Waals surface area contributed by atoms with E-state index in [1.165, 1.54) is 0 Å². The maximum atomic E-state index is 11.7. The molecule has 21 heavy (non-hydrogen) atoms. The highest BCUT2D eigenvalue weighted by atomic mass is 79.9. The Labute approximate surface area is 136 Å². The number of benzene rings is 1. The van der Waals surface area contributed by atoms with Crippen LogP contribution < -0.4 is 10.5 Å². The number of ether oxygens (including phenoxy) is 1. The Kier molecular flexibility index (Phi) is 7.70. The molecule has 1 unspecified atom stereocenters. The van der Waals surface area contributed by atoms with Gasteiger partial charge in [0.15, 0.2) is 9.84 Å². The van der Waals surface area contributed by atoms with Gasteiger partial charge in [0.2, 0.25) is 0 Å². The molecule has 0 saturated carbocycles. The summed E-state index contributed by atoms with van der Waals surface area (Å²) in [6, 6.07) is 5.79. The quantitative estimate of drug-likeness (QED) is 0.717. The van der Waals surface area contributed by atoms with Crippen LogP contribution in [0.4, 0.5) is 0 Å². The second-order valence-corrected chi connectivity index (χ2v) is 8.34. The molecule has 0 radical (unpaired) electrons. The molecule has 0 saturated heterocycles. The maximum Gasteiger partial charge on any atom is 0.153 e. The van der Waals surface area contributed by atoms with E-state index in [1.807, 2.05) is 32.0 Å². The lowest BCUT2D eigenvalue weighted by atomic mass is 10.0. The summed E-state index contributed by atoms with van der Waals surface area (Å²) in [5, 5.41) is 0. The zero-order valence-corrected chi connectivity index (χ0v) is 15.0. The molecular weight excluding hydrogens is 354 g/mol. The summed E-state index contributed by atoms with van der Waals surface area (Å²) in [5.74, 6) is 0.981. The fourth-order valence-corrected chi connectivity index (χ4v) is 3.54. The standard InChI is InChI=1S/C15H24BrNO3S/c1-3-8-21(18,19)9-7-20-15-6-5-13(16)10-12(15)11-14(17)4-2/h5-6,10,14H,3-4,7-9,11,17H2,1-2H3. The number of halogens is 1. The molecule has 6 heteroatoms. The Morgan fingerprint density at radius 3 is 2.62 bits per heavy atom. The van der Waals surface area contributed by atoms with Crippen molar-refractivity contribution in [1.82, 2.24) is 0 Å². The molecule has 0 aliphatic carbocycles. The van der Waals surface area contributed by atoms with Gasteiger partial charge in [-0.1, -0.05) is 29.8 Å². The van der Waals surface area contributed by atoms with Crippen LogP contribution in [0.5, 0.6) is 5.75 Å². The highest BCUT2D eigenvalue weighted by Crippen LogP contribution is 2.24. The first kappa shape index (κ1) is 18.5. The predicted octanol–water partition coefficient (Wildman–Crippen LogP) is 2.93. The van der Waals surface area contributed by atoms with E-state index in [0.29, 0.717) is 18.6 Å². The van der Waals surface area contributed by atoms with Gasteiger partial charge in [0.05, 0.1) is 11.5 Å². The maximum absolute atomic E-state index is 11.7. The summed E-state index contributed by atoms with van der Waals surface area (Å²) >= 11 is 3.44. The largest absolute Gasteiger partial charge is 0.492 e. The van der Waals surface area contributed by atoms with Gasteiger partial charge in [0, 0.05) is 10.5 Å². The van der Waals surface area contributed by atoms with E-state index in [-0.39, 0.29) is 24.2 Å². The Hall–Kier alpha value is -0.590. The predicted molar refractivity (Wildman–Crippen MR) is 90.6 cm³/mol. The molecule has 4 nitrogen and oxygen atoms in total. The highest BCUT2D eigenvalue weighted by Gasteiger charge is 2.12. The number of hydrogen-bond acceptors (Lipinski definition) is 4. The van der Waals surface area contributed by atoms with E-state index in [2.05, 4.69) is 15.9 Å². The molecule has 120 valence electrons. The van der Waals surface area contributed by atoms with Crippen molar-refractivity contribution in [2.75, 3.05) is 18.1 Å². The summed E-state index contributed by atoms with van der Waals surface area (Å²) in [5.41, 5.74) is 7.00. The lowest BCUT2D eigenvalue weighted by Crippen LogP contribution is -2.22. The van der Waals surface area contributed by atoms with Crippen LogP contribution in [0.1, 0.15) is 32.3 Å². The van der Waals surface area contributed by atoms with Crippen molar-refractivity contribution >= 4 is 25.8 Å². The minimum atomic E-state index is -3.01. The van der Waals surface area contributed by atoms with Crippen molar-refractivity contribution < 1.29 is 13.2 Å². The Morgan fingerprint density at radius 1 is 1.29 bits per heavy atom. The average molecular weight is 378 g/mol. The minimum Gasteiger partial charge on any atom is -0.492 e. The van der Waals surface area contributed by atoms with Crippen LogP contribution in [0.2, 0.25) is 0 Å². The molecule has 1 aromatic rings. The third kappa shape index (κ3) is 6.80. The molecule has 0 aliphatic rings. The zero-order valence-electron chi connectivity index (χ0n) is 12.6. The lowest BCUT2D eigenvalue weighted by molar-refractivity contribution is 0.336. The van der Waals surface area contributed by atoms with Crippen molar-refractivity contribution in [2.24, 2.45) is 5.73 Å². The smallest absolute Gasteiger partial charge is 0.153 e. The molecule has 0 fully saturated rings. The van der Waals surface area contributed by atoms with Crippen LogP contribution in [0.15, 0.2) is 22.7 Å². The number of sulfone groups is 1. The normalized spacial score (nSPS) is 13.1. The second-order valence-electron chi connectivity index (χ2n) is 5.12. The van der Waals surface area contributed by atoms with Gasteiger partial charge in [-0.05, 0) is 43.0 Å². The second kappa shape index (κ2) is 8.76. The number of rotatable bonds is 9. The van der Waals surface area contributed by atoms with E-state index in [1.54, 1.807) is 0 Å². The van der Waals surface area contributed by atoms with E-state index in [9.17, 15) is 8.42 Å². The molecular formula is C15H24BrNO3S. The molecule has 0 bridgehead atoms.